The summed E-state index contributed by atoms with van der Waals surface area (Å²) in [7, 11) is 0. The topological polar surface area (TPSA) is 103 Å². The highest BCUT2D eigenvalue weighted by Gasteiger charge is 2.28. The molecular weight excluding hydrogens is 470 g/mol. The van der Waals surface area contributed by atoms with E-state index < -0.39 is 5.97 Å². The highest BCUT2D eigenvalue weighted by Crippen LogP contribution is 2.23. The van der Waals surface area contributed by atoms with E-state index in [0.29, 0.717) is 11.6 Å². The van der Waals surface area contributed by atoms with Crippen LogP contribution in [0.3, 0.4) is 0 Å². The summed E-state index contributed by atoms with van der Waals surface area (Å²) in [4.78, 5) is 24.4. The number of hydrogen-bond acceptors (Lipinski definition) is 5. The Morgan fingerprint density at radius 2 is 1.80 bits per heavy atom. The van der Waals surface area contributed by atoms with Crippen molar-refractivity contribution in [3.63, 3.8) is 0 Å². The molecule has 1 amide bonds. The molecule has 4 rings (SSSR count). The summed E-state index contributed by atoms with van der Waals surface area (Å²) < 4.78 is 13.2. The fourth-order valence-corrected chi connectivity index (χ4v) is 4.32. The number of aromatic nitrogens is 2. The predicted octanol–water partition coefficient (Wildman–Crippen LogP) is 4.46. The number of halogens is 1. The van der Waals surface area contributed by atoms with Gasteiger partial charge in [0.1, 0.15) is 13.2 Å². The zero-order valence-corrected chi connectivity index (χ0v) is 20.0. The molecule has 184 valence electrons. The standard InChI is InChI=1S/C26H28ClN3O5/c27-20-11-5-4-10-19(20)17-35-25-14-22(26(32)33)29-30(25)15-24(31)28-21-12-6-7-13-23(21)34-16-18-8-2-1-3-9-18/h1-5,8-11,14,21,23H,6-7,12-13,15-17H2,(H,28,31)(H,32,33). The van der Waals surface area contributed by atoms with Crippen LogP contribution in [-0.2, 0) is 29.3 Å². The van der Waals surface area contributed by atoms with Crippen LogP contribution in [0, 0.1) is 0 Å². The normalized spacial score (nSPS) is 17.6. The number of carbonyl (C=O) groups is 2. The van der Waals surface area contributed by atoms with E-state index >= 15 is 0 Å². The lowest BCUT2D eigenvalue weighted by atomic mass is 9.92. The largest absolute Gasteiger partial charge is 0.476 e. The summed E-state index contributed by atoms with van der Waals surface area (Å²) in [5.41, 5.74) is 1.62. The maximum atomic E-state index is 12.9. The first kappa shape index (κ1) is 24.8. The summed E-state index contributed by atoms with van der Waals surface area (Å²) in [6.45, 7) is 0.427. The zero-order chi connectivity index (χ0) is 24.6. The van der Waals surface area contributed by atoms with Gasteiger partial charge in [-0.15, -0.1) is 0 Å². The minimum atomic E-state index is -1.20. The van der Waals surface area contributed by atoms with Crippen molar-refractivity contribution in [3.8, 4) is 5.88 Å². The Morgan fingerprint density at radius 3 is 2.57 bits per heavy atom. The number of benzene rings is 2. The van der Waals surface area contributed by atoms with Crippen molar-refractivity contribution in [1.29, 1.82) is 0 Å². The van der Waals surface area contributed by atoms with Gasteiger partial charge in [-0.3, -0.25) is 4.79 Å². The van der Waals surface area contributed by atoms with E-state index in [0.717, 1.165) is 36.8 Å². The van der Waals surface area contributed by atoms with Crippen LogP contribution in [-0.4, -0.2) is 38.9 Å². The monoisotopic (exact) mass is 497 g/mol. The van der Waals surface area contributed by atoms with Crippen molar-refractivity contribution in [2.75, 3.05) is 0 Å². The third-order valence-electron chi connectivity index (χ3n) is 5.94. The first-order valence-electron chi connectivity index (χ1n) is 11.6. The van der Waals surface area contributed by atoms with Gasteiger partial charge >= 0.3 is 5.97 Å². The number of hydrogen-bond donors (Lipinski definition) is 2. The van der Waals surface area contributed by atoms with Gasteiger partial charge in [-0.05, 0) is 24.5 Å². The maximum Gasteiger partial charge on any atom is 0.356 e. The van der Waals surface area contributed by atoms with Crippen LogP contribution in [0.25, 0.3) is 0 Å². The number of rotatable bonds is 10. The Balaban J connectivity index is 1.39. The van der Waals surface area contributed by atoms with Gasteiger partial charge < -0.3 is 19.9 Å². The van der Waals surface area contributed by atoms with Gasteiger partial charge in [0, 0.05) is 16.7 Å². The molecule has 9 heteroatoms. The minimum absolute atomic E-state index is 0.0870. The van der Waals surface area contributed by atoms with E-state index in [9.17, 15) is 14.7 Å². The van der Waals surface area contributed by atoms with E-state index in [1.807, 2.05) is 48.5 Å². The van der Waals surface area contributed by atoms with Gasteiger partial charge in [-0.25, -0.2) is 9.48 Å². The van der Waals surface area contributed by atoms with Crippen molar-refractivity contribution in [3.05, 3.63) is 82.5 Å². The average molecular weight is 498 g/mol. The van der Waals surface area contributed by atoms with Crippen molar-refractivity contribution < 1.29 is 24.2 Å². The van der Waals surface area contributed by atoms with Gasteiger partial charge in [0.25, 0.3) is 0 Å². The van der Waals surface area contributed by atoms with E-state index in [4.69, 9.17) is 21.1 Å². The van der Waals surface area contributed by atoms with Gasteiger partial charge in [-0.2, -0.15) is 5.10 Å². The molecule has 1 saturated carbocycles. The zero-order valence-electron chi connectivity index (χ0n) is 19.2. The molecule has 0 bridgehead atoms. The van der Waals surface area contributed by atoms with E-state index in [1.165, 1.54) is 10.7 Å². The number of nitrogens with zero attached hydrogens (tertiary/aromatic N) is 2. The van der Waals surface area contributed by atoms with Crippen LogP contribution in [0.15, 0.2) is 60.7 Å². The van der Waals surface area contributed by atoms with E-state index in [1.54, 1.807) is 6.07 Å². The number of carboxylic acids is 1. The lowest BCUT2D eigenvalue weighted by Gasteiger charge is -2.32. The Hall–Kier alpha value is -3.36. The molecule has 1 heterocycles. The van der Waals surface area contributed by atoms with Gasteiger partial charge in [0.15, 0.2) is 5.69 Å². The minimum Gasteiger partial charge on any atom is -0.476 e. The first-order valence-corrected chi connectivity index (χ1v) is 12.0. The summed E-state index contributed by atoms with van der Waals surface area (Å²) in [5.74, 6) is -1.31. The highest BCUT2D eigenvalue weighted by atomic mass is 35.5. The van der Waals surface area contributed by atoms with Crippen LogP contribution in [0.1, 0.15) is 47.3 Å². The molecule has 1 aromatic heterocycles. The molecule has 2 unspecified atom stereocenters. The molecule has 0 saturated heterocycles. The Bertz CT molecular complexity index is 1150. The molecular formula is C26H28ClN3O5. The Morgan fingerprint density at radius 1 is 1.06 bits per heavy atom. The molecule has 1 aliphatic carbocycles. The van der Waals surface area contributed by atoms with Gasteiger partial charge in [0.2, 0.25) is 11.8 Å². The van der Waals surface area contributed by atoms with Crippen LogP contribution in [0.4, 0.5) is 0 Å². The number of carboxylic acid groups (broad SMARTS) is 1. The second-order valence-corrected chi connectivity index (χ2v) is 8.91. The van der Waals surface area contributed by atoms with Crippen molar-refractivity contribution in [1.82, 2.24) is 15.1 Å². The van der Waals surface area contributed by atoms with Gasteiger partial charge in [0.05, 0.1) is 18.8 Å². The molecule has 1 aliphatic rings. The van der Waals surface area contributed by atoms with Crippen LogP contribution in [0.2, 0.25) is 5.02 Å². The number of carbonyl (C=O) groups excluding carboxylic acids is 1. The molecule has 0 spiro atoms. The van der Waals surface area contributed by atoms with Crippen molar-refractivity contribution >= 4 is 23.5 Å². The average Bonchev–Trinajstić information content (AvgIpc) is 3.26. The molecule has 2 aromatic carbocycles. The third kappa shape index (κ3) is 6.83. The number of aromatic carboxylic acids is 1. The SMILES string of the molecule is O=C(Cn1nc(C(=O)O)cc1OCc1ccccc1Cl)NC1CCCCC1OCc1ccccc1. The molecule has 2 atom stereocenters. The number of nitrogens with one attached hydrogen (secondary N) is 1. The molecule has 1 fully saturated rings. The molecule has 35 heavy (non-hydrogen) atoms. The first-order chi connectivity index (χ1) is 17.0. The lowest BCUT2D eigenvalue weighted by Crippen LogP contribution is -2.47. The van der Waals surface area contributed by atoms with Crippen LogP contribution >= 0.6 is 11.6 Å². The smallest absolute Gasteiger partial charge is 0.356 e. The second-order valence-electron chi connectivity index (χ2n) is 8.50. The summed E-state index contributed by atoms with van der Waals surface area (Å²) in [5, 5.41) is 17.0. The summed E-state index contributed by atoms with van der Waals surface area (Å²) in [6, 6.07) is 18.3. The van der Waals surface area contributed by atoms with E-state index in [2.05, 4.69) is 10.4 Å². The van der Waals surface area contributed by atoms with Crippen molar-refractivity contribution in [2.45, 2.75) is 57.6 Å². The molecule has 0 aliphatic heterocycles. The Labute approximate surface area is 208 Å². The quantitative estimate of drug-likeness (QED) is 0.429. The highest BCUT2D eigenvalue weighted by molar-refractivity contribution is 6.31. The van der Waals surface area contributed by atoms with Crippen LogP contribution < -0.4 is 10.1 Å². The maximum absolute atomic E-state index is 12.9. The van der Waals surface area contributed by atoms with Crippen molar-refractivity contribution in [2.24, 2.45) is 0 Å². The number of amides is 1. The summed E-state index contributed by atoms with van der Waals surface area (Å²) >= 11 is 6.18. The van der Waals surface area contributed by atoms with Gasteiger partial charge in [-0.1, -0.05) is 73.0 Å². The second kappa shape index (κ2) is 11.9. The predicted molar refractivity (Wildman–Crippen MR) is 130 cm³/mol. The molecule has 2 N–H and O–H groups in total. The van der Waals surface area contributed by atoms with Crippen LogP contribution in [0.5, 0.6) is 5.88 Å². The molecule has 8 nitrogen and oxygen atoms in total. The fourth-order valence-electron chi connectivity index (χ4n) is 4.13. The number of ether oxygens (including phenoxy) is 2. The lowest BCUT2D eigenvalue weighted by molar-refractivity contribution is -0.124. The fraction of sp³-hybridized carbons (Fsp3) is 0.346. The molecule has 0 radical (unpaired) electrons. The van der Waals surface area contributed by atoms with E-state index in [-0.39, 0.29) is 42.8 Å². The summed E-state index contributed by atoms with van der Waals surface area (Å²) in [6.07, 6.45) is 3.66. The third-order valence-corrected chi connectivity index (χ3v) is 6.31. The Kier molecular flexibility index (Phi) is 8.39. The molecule has 3 aromatic rings.